The number of benzene rings is 1. The minimum absolute atomic E-state index is 0.0569. The number of hydrogen-bond donors (Lipinski definition) is 2. The predicted octanol–water partition coefficient (Wildman–Crippen LogP) is 3.04. The Morgan fingerprint density at radius 2 is 2.11 bits per heavy atom. The van der Waals surface area contributed by atoms with E-state index in [0.29, 0.717) is 12.1 Å². The van der Waals surface area contributed by atoms with Crippen LogP contribution >= 0.6 is 15.9 Å². The number of aryl methyl sites for hydroxylation is 1. The van der Waals surface area contributed by atoms with Gasteiger partial charge >= 0.3 is 0 Å². The van der Waals surface area contributed by atoms with Crippen molar-refractivity contribution in [3.05, 3.63) is 33.8 Å². The molecular formula is C15H20BrNO2. The average Bonchev–Trinajstić information content (AvgIpc) is 2.88. The molecule has 2 rings (SSSR count). The van der Waals surface area contributed by atoms with Crippen molar-refractivity contribution in [2.75, 3.05) is 13.2 Å². The second-order valence-electron chi connectivity index (χ2n) is 5.51. The van der Waals surface area contributed by atoms with Gasteiger partial charge in [0.05, 0.1) is 6.61 Å². The summed E-state index contributed by atoms with van der Waals surface area (Å²) in [6, 6.07) is 5.69. The first kappa shape index (κ1) is 14.5. The Morgan fingerprint density at radius 3 is 2.74 bits per heavy atom. The number of rotatable bonds is 4. The van der Waals surface area contributed by atoms with Crippen LogP contribution in [0, 0.1) is 12.3 Å². The van der Waals surface area contributed by atoms with Gasteiger partial charge in [0.15, 0.2) is 0 Å². The highest BCUT2D eigenvalue weighted by Gasteiger charge is 2.33. The number of carbonyl (C=O) groups is 1. The first-order valence-corrected chi connectivity index (χ1v) is 7.51. The van der Waals surface area contributed by atoms with E-state index in [0.717, 1.165) is 35.7 Å². The third-order valence-corrected chi connectivity index (χ3v) is 4.56. The van der Waals surface area contributed by atoms with Gasteiger partial charge in [-0.25, -0.2) is 0 Å². The maximum absolute atomic E-state index is 12.2. The molecule has 0 heterocycles. The van der Waals surface area contributed by atoms with Crippen LogP contribution in [0.15, 0.2) is 22.7 Å². The Kier molecular flexibility index (Phi) is 4.63. The van der Waals surface area contributed by atoms with Crippen molar-refractivity contribution in [1.82, 2.24) is 5.32 Å². The van der Waals surface area contributed by atoms with E-state index < -0.39 is 0 Å². The zero-order valence-corrected chi connectivity index (χ0v) is 12.8. The summed E-state index contributed by atoms with van der Waals surface area (Å²) in [7, 11) is 0. The Balaban J connectivity index is 2.03. The van der Waals surface area contributed by atoms with Gasteiger partial charge in [0.1, 0.15) is 0 Å². The minimum atomic E-state index is -0.102. The van der Waals surface area contributed by atoms with Crippen LogP contribution in [0.25, 0.3) is 0 Å². The molecule has 1 aliphatic carbocycles. The molecule has 2 N–H and O–H groups in total. The molecule has 1 amide bonds. The molecule has 1 aromatic rings. The molecule has 3 nitrogen and oxygen atoms in total. The molecule has 104 valence electrons. The number of halogens is 1. The van der Waals surface area contributed by atoms with Crippen LogP contribution in [0.5, 0.6) is 0 Å². The first-order chi connectivity index (χ1) is 9.06. The van der Waals surface area contributed by atoms with Crippen molar-refractivity contribution < 1.29 is 9.90 Å². The van der Waals surface area contributed by atoms with Crippen molar-refractivity contribution in [2.45, 2.75) is 32.6 Å². The van der Waals surface area contributed by atoms with Gasteiger partial charge in [-0.3, -0.25) is 4.79 Å². The topological polar surface area (TPSA) is 49.3 Å². The number of nitrogens with one attached hydrogen (secondary N) is 1. The number of aliphatic hydroxyl groups is 1. The summed E-state index contributed by atoms with van der Waals surface area (Å²) in [5.74, 6) is -0.0569. The zero-order valence-electron chi connectivity index (χ0n) is 11.2. The van der Waals surface area contributed by atoms with Gasteiger partial charge in [0.25, 0.3) is 5.91 Å². The van der Waals surface area contributed by atoms with Crippen molar-refractivity contribution in [3.8, 4) is 0 Å². The van der Waals surface area contributed by atoms with E-state index in [1.54, 1.807) is 0 Å². The van der Waals surface area contributed by atoms with Crippen molar-refractivity contribution in [2.24, 2.45) is 5.41 Å². The minimum Gasteiger partial charge on any atom is -0.396 e. The van der Waals surface area contributed by atoms with Crippen LogP contribution in [-0.4, -0.2) is 24.2 Å². The molecule has 4 heteroatoms. The van der Waals surface area contributed by atoms with Gasteiger partial charge in [-0.15, -0.1) is 0 Å². The maximum Gasteiger partial charge on any atom is 0.251 e. The third-order valence-electron chi connectivity index (χ3n) is 4.07. The van der Waals surface area contributed by atoms with E-state index in [1.807, 2.05) is 25.1 Å². The van der Waals surface area contributed by atoms with Gasteiger partial charge in [0, 0.05) is 22.0 Å². The maximum atomic E-state index is 12.2. The molecule has 1 aliphatic rings. The normalized spacial score (nSPS) is 17.4. The lowest BCUT2D eigenvalue weighted by Crippen LogP contribution is -2.38. The highest BCUT2D eigenvalue weighted by molar-refractivity contribution is 9.10. The van der Waals surface area contributed by atoms with Crippen LogP contribution in [-0.2, 0) is 0 Å². The van der Waals surface area contributed by atoms with Crippen molar-refractivity contribution in [1.29, 1.82) is 0 Å². The SMILES string of the molecule is Cc1ccc(Br)cc1C(=O)NCC1(CO)CCCC1. The Bertz CT molecular complexity index is 467. The lowest BCUT2D eigenvalue weighted by Gasteiger charge is -2.26. The number of aliphatic hydroxyl groups excluding tert-OH is 1. The predicted molar refractivity (Wildman–Crippen MR) is 79.2 cm³/mol. The molecule has 19 heavy (non-hydrogen) atoms. The zero-order chi connectivity index (χ0) is 13.9. The van der Waals surface area contributed by atoms with E-state index in [1.165, 1.54) is 0 Å². The molecule has 0 spiro atoms. The van der Waals surface area contributed by atoms with Gasteiger partial charge in [0.2, 0.25) is 0 Å². The van der Waals surface area contributed by atoms with Gasteiger partial charge < -0.3 is 10.4 Å². The summed E-state index contributed by atoms with van der Waals surface area (Å²) in [6.45, 7) is 2.65. The van der Waals surface area contributed by atoms with Crippen LogP contribution in [0.2, 0.25) is 0 Å². The standard InChI is InChI=1S/C15H20BrNO2/c1-11-4-5-12(16)8-13(11)14(19)17-9-15(10-18)6-2-3-7-15/h4-5,8,18H,2-3,6-7,9-10H2,1H3,(H,17,19). The van der Waals surface area contributed by atoms with Crippen LogP contribution < -0.4 is 5.32 Å². The molecule has 0 aliphatic heterocycles. The first-order valence-electron chi connectivity index (χ1n) is 6.72. The largest absolute Gasteiger partial charge is 0.396 e. The molecule has 1 saturated carbocycles. The van der Waals surface area contributed by atoms with Crippen molar-refractivity contribution in [3.63, 3.8) is 0 Å². The molecule has 0 atom stereocenters. The second-order valence-corrected chi connectivity index (χ2v) is 6.42. The molecule has 0 saturated heterocycles. The van der Waals surface area contributed by atoms with Gasteiger partial charge in [-0.1, -0.05) is 34.8 Å². The second kappa shape index (κ2) is 6.06. The Hall–Kier alpha value is -0.870. The summed E-state index contributed by atoms with van der Waals surface area (Å²) in [5.41, 5.74) is 1.56. The molecule has 0 bridgehead atoms. The molecule has 1 fully saturated rings. The van der Waals surface area contributed by atoms with Gasteiger partial charge in [-0.05, 0) is 37.5 Å². The number of amides is 1. The fourth-order valence-corrected chi connectivity index (χ4v) is 3.08. The van der Waals surface area contributed by atoms with Gasteiger partial charge in [-0.2, -0.15) is 0 Å². The quantitative estimate of drug-likeness (QED) is 0.893. The Labute approximate surface area is 122 Å². The van der Waals surface area contributed by atoms with E-state index in [4.69, 9.17) is 0 Å². The molecule has 1 aromatic carbocycles. The lowest BCUT2D eigenvalue weighted by molar-refractivity contribution is 0.0880. The molecule has 0 unspecified atom stereocenters. The fraction of sp³-hybridized carbons (Fsp3) is 0.533. The van der Waals surface area contributed by atoms with E-state index in [-0.39, 0.29) is 17.9 Å². The highest BCUT2D eigenvalue weighted by Crippen LogP contribution is 2.36. The Morgan fingerprint density at radius 1 is 1.42 bits per heavy atom. The summed E-state index contributed by atoms with van der Waals surface area (Å²) in [5, 5.41) is 12.5. The van der Waals surface area contributed by atoms with Crippen molar-refractivity contribution >= 4 is 21.8 Å². The number of carbonyl (C=O) groups excluding carboxylic acids is 1. The molecule has 0 aromatic heterocycles. The van der Waals surface area contributed by atoms with Crippen LogP contribution in [0.1, 0.15) is 41.6 Å². The van der Waals surface area contributed by atoms with Crippen LogP contribution in [0.4, 0.5) is 0 Å². The van der Waals surface area contributed by atoms with Crippen LogP contribution in [0.3, 0.4) is 0 Å². The summed E-state index contributed by atoms with van der Waals surface area (Å²) in [4.78, 5) is 12.2. The average molecular weight is 326 g/mol. The highest BCUT2D eigenvalue weighted by atomic mass is 79.9. The third kappa shape index (κ3) is 3.37. The summed E-state index contributed by atoms with van der Waals surface area (Å²) < 4.78 is 0.904. The van der Waals surface area contributed by atoms with E-state index >= 15 is 0 Å². The number of hydrogen-bond acceptors (Lipinski definition) is 2. The monoisotopic (exact) mass is 325 g/mol. The summed E-state index contributed by atoms with van der Waals surface area (Å²) >= 11 is 3.39. The van der Waals surface area contributed by atoms with E-state index in [9.17, 15) is 9.90 Å². The fourth-order valence-electron chi connectivity index (χ4n) is 2.72. The smallest absolute Gasteiger partial charge is 0.251 e. The molecule has 0 radical (unpaired) electrons. The summed E-state index contributed by atoms with van der Waals surface area (Å²) in [6.07, 6.45) is 4.29. The molecular weight excluding hydrogens is 306 g/mol. The lowest BCUT2D eigenvalue weighted by atomic mass is 9.87. The van der Waals surface area contributed by atoms with E-state index in [2.05, 4.69) is 21.2 Å².